The van der Waals surface area contributed by atoms with E-state index in [0.717, 1.165) is 31.7 Å². The summed E-state index contributed by atoms with van der Waals surface area (Å²) in [5, 5.41) is 3.56. The first-order valence-electron chi connectivity index (χ1n) is 8.77. The van der Waals surface area contributed by atoms with Gasteiger partial charge < -0.3 is 14.8 Å². The molecule has 0 radical (unpaired) electrons. The van der Waals surface area contributed by atoms with E-state index in [-0.39, 0.29) is 6.10 Å². The van der Waals surface area contributed by atoms with Crippen LogP contribution in [0.15, 0.2) is 36.4 Å². The van der Waals surface area contributed by atoms with E-state index in [0.29, 0.717) is 6.61 Å². The molecular formula is C21H27NO2. The van der Waals surface area contributed by atoms with Crippen LogP contribution in [-0.2, 0) is 11.3 Å². The lowest BCUT2D eigenvalue weighted by Crippen LogP contribution is -2.16. The summed E-state index contributed by atoms with van der Waals surface area (Å²) in [7, 11) is 0. The van der Waals surface area contributed by atoms with E-state index in [9.17, 15) is 0 Å². The molecule has 1 saturated heterocycles. The Morgan fingerprint density at radius 1 is 1.08 bits per heavy atom. The van der Waals surface area contributed by atoms with E-state index in [1.54, 1.807) is 0 Å². The number of nitrogens with one attached hydrogen (secondary N) is 1. The summed E-state index contributed by atoms with van der Waals surface area (Å²) in [6, 6.07) is 12.8. The Bertz CT molecular complexity index is 650. The summed E-state index contributed by atoms with van der Waals surface area (Å²) in [6.07, 6.45) is 2.52. The van der Waals surface area contributed by atoms with E-state index < -0.39 is 0 Å². The number of hydrogen-bond donors (Lipinski definition) is 1. The number of anilines is 1. The molecule has 2 aromatic carbocycles. The highest BCUT2D eigenvalue weighted by Gasteiger charge is 2.15. The maximum atomic E-state index is 5.81. The third-order valence-electron chi connectivity index (χ3n) is 4.53. The predicted molar refractivity (Wildman–Crippen MR) is 98.9 cm³/mol. The van der Waals surface area contributed by atoms with Gasteiger partial charge in [-0.15, -0.1) is 0 Å². The Balaban J connectivity index is 1.54. The monoisotopic (exact) mass is 325 g/mol. The molecule has 1 aliphatic heterocycles. The number of benzene rings is 2. The minimum Gasteiger partial charge on any atom is -0.491 e. The van der Waals surface area contributed by atoms with E-state index in [1.807, 2.05) is 12.1 Å². The molecule has 1 aliphatic rings. The van der Waals surface area contributed by atoms with Crippen LogP contribution in [0.1, 0.15) is 35.1 Å². The lowest BCUT2D eigenvalue weighted by molar-refractivity contribution is 0.0679. The molecule has 3 heteroatoms. The molecule has 0 saturated carbocycles. The molecule has 128 valence electrons. The minimum atomic E-state index is 0.263. The molecule has 1 atom stereocenters. The van der Waals surface area contributed by atoms with Crippen LogP contribution in [0.3, 0.4) is 0 Å². The van der Waals surface area contributed by atoms with Crippen LogP contribution in [0.5, 0.6) is 5.75 Å². The van der Waals surface area contributed by atoms with Crippen molar-refractivity contribution in [3.05, 3.63) is 58.7 Å². The molecule has 2 aromatic rings. The molecule has 0 aliphatic carbocycles. The van der Waals surface area contributed by atoms with Gasteiger partial charge in [0.05, 0.1) is 6.10 Å². The van der Waals surface area contributed by atoms with Gasteiger partial charge >= 0.3 is 0 Å². The van der Waals surface area contributed by atoms with Crippen molar-refractivity contribution in [2.24, 2.45) is 0 Å². The highest BCUT2D eigenvalue weighted by atomic mass is 16.5. The van der Waals surface area contributed by atoms with Crippen molar-refractivity contribution < 1.29 is 9.47 Å². The topological polar surface area (TPSA) is 30.5 Å². The van der Waals surface area contributed by atoms with Crippen molar-refractivity contribution in [3.63, 3.8) is 0 Å². The fraction of sp³-hybridized carbons (Fsp3) is 0.429. The molecule has 0 bridgehead atoms. The van der Waals surface area contributed by atoms with Gasteiger partial charge in [-0.2, -0.15) is 0 Å². The molecule has 1 N–H and O–H groups in total. The average Bonchev–Trinajstić information content (AvgIpc) is 3.06. The third-order valence-corrected chi connectivity index (χ3v) is 4.53. The van der Waals surface area contributed by atoms with Gasteiger partial charge in [0, 0.05) is 18.8 Å². The Kier molecular flexibility index (Phi) is 5.41. The Labute approximate surface area is 145 Å². The Morgan fingerprint density at radius 3 is 2.42 bits per heavy atom. The highest BCUT2D eigenvalue weighted by Crippen LogP contribution is 2.23. The van der Waals surface area contributed by atoms with Crippen molar-refractivity contribution in [3.8, 4) is 5.75 Å². The van der Waals surface area contributed by atoms with E-state index in [4.69, 9.17) is 9.47 Å². The summed E-state index contributed by atoms with van der Waals surface area (Å²) in [5.74, 6) is 0.914. The van der Waals surface area contributed by atoms with Crippen molar-refractivity contribution in [2.75, 3.05) is 18.5 Å². The van der Waals surface area contributed by atoms with Gasteiger partial charge in [-0.25, -0.2) is 0 Å². The quantitative estimate of drug-likeness (QED) is 0.829. The molecule has 0 aromatic heterocycles. The summed E-state index contributed by atoms with van der Waals surface area (Å²) in [5.41, 5.74) is 6.38. The number of rotatable bonds is 6. The van der Waals surface area contributed by atoms with Gasteiger partial charge in [-0.3, -0.25) is 0 Å². The molecule has 0 amide bonds. The molecule has 1 heterocycles. The van der Waals surface area contributed by atoms with Gasteiger partial charge in [0.15, 0.2) is 0 Å². The predicted octanol–water partition coefficient (Wildman–Crippen LogP) is 4.78. The van der Waals surface area contributed by atoms with Crippen molar-refractivity contribution >= 4 is 5.69 Å². The Morgan fingerprint density at radius 2 is 1.79 bits per heavy atom. The SMILES string of the molecule is Cc1cc(C)c(NCc2ccc(OCC3CCCO3)cc2)c(C)c1. The second-order valence-corrected chi connectivity index (χ2v) is 6.72. The standard InChI is InChI=1S/C21H27NO2/c1-15-11-16(2)21(17(3)12-15)22-13-18-6-8-19(9-7-18)24-14-20-5-4-10-23-20/h6-9,11-12,20,22H,4-5,10,13-14H2,1-3H3. The third kappa shape index (κ3) is 4.30. The van der Waals surface area contributed by atoms with E-state index in [1.165, 1.54) is 27.9 Å². The lowest BCUT2D eigenvalue weighted by Gasteiger charge is -2.15. The normalized spacial score (nSPS) is 17.0. The summed E-state index contributed by atoms with van der Waals surface area (Å²) >= 11 is 0. The Hall–Kier alpha value is -2.00. The van der Waals surface area contributed by atoms with Crippen molar-refractivity contribution in [1.82, 2.24) is 0 Å². The van der Waals surface area contributed by atoms with Gasteiger partial charge in [0.1, 0.15) is 12.4 Å². The van der Waals surface area contributed by atoms with Crippen LogP contribution in [0.4, 0.5) is 5.69 Å². The molecule has 24 heavy (non-hydrogen) atoms. The first kappa shape index (κ1) is 16.8. The number of hydrogen-bond acceptors (Lipinski definition) is 3. The first-order valence-corrected chi connectivity index (χ1v) is 8.77. The van der Waals surface area contributed by atoms with Gasteiger partial charge in [-0.1, -0.05) is 29.8 Å². The summed E-state index contributed by atoms with van der Waals surface area (Å²) in [4.78, 5) is 0. The maximum absolute atomic E-state index is 5.81. The maximum Gasteiger partial charge on any atom is 0.119 e. The van der Waals surface area contributed by atoms with Crippen molar-refractivity contribution in [2.45, 2.75) is 46.3 Å². The van der Waals surface area contributed by atoms with Crippen LogP contribution < -0.4 is 10.1 Å². The highest BCUT2D eigenvalue weighted by molar-refractivity contribution is 5.58. The largest absolute Gasteiger partial charge is 0.491 e. The fourth-order valence-corrected chi connectivity index (χ4v) is 3.32. The number of aryl methyl sites for hydroxylation is 3. The molecule has 3 nitrogen and oxygen atoms in total. The van der Waals surface area contributed by atoms with Crippen LogP contribution in [0.25, 0.3) is 0 Å². The molecule has 3 rings (SSSR count). The second-order valence-electron chi connectivity index (χ2n) is 6.72. The zero-order valence-corrected chi connectivity index (χ0v) is 14.9. The van der Waals surface area contributed by atoms with Gasteiger partial charge in [0.2, 0.25) is 0 Å². The zero-order chi connectivity index (χ0) is 16.9. The van der Waals surface area contributed by atoms with Gasteiger partial charge in [0.25, 0.3) is 0 Å². The van der Waals surface area contributed by atoms with Crippen molar-refractivity contribution in [1.29, 1.82) is 0 Å². The second kappa shape index (κ2) is 7.71. The van der Waals surface area contributed by atoms with E-state index in [2.05, 4.69) is 50.4 Å². The van der Waals surface area contributed by atoms with Gasteiger partial charge in [-0.05, 0) is 62.4 Å². The summed E-state index contributed by atoms with van der Waals surface area (Å²) in [6.45, 7) is 8.79. The van der Waals surface area contributed by atoms with E-state index >= 15 is 0 Å². The van der Waals surface area contributed by atoms with Crippen LogP contribution in [-0.4, -0.2) is 19.3 Å². The minimum absolute atomic E-state index is 0.263. The fourth-order valence-electron chi connectivity index (χ4n) is 3.32. The first-order chi connectivity index (χ1) is 11.6. The number of ether oxygens (including phenoxy) is 2. The molecule has 0 spiro atoms. The molecule has 1 fully saturated rings. The molecule has 1 unspecified atom stereocenters. The lowest BCUT2D eigenvalue weighted by atomic mass is 10.0. The zero-order valence-electron chi connectivity index (χ0n) is 14.9. The summed E-state index contributed by atoms with van der Waals surface area (Å²) < 4.78 is 11.4. The van der Waals surface area contributed by atoms with Crippen LogP contribution >= 0.6 is 0 Å². The average molecular weight is 325 g/mol. The smallest absolute Gasteiger partial charge is 0.119 e. The molecular weight excluding hydrogens is 298 g/mol. The van der Waals surface area contributed by atoms with Crippen LogP contribution in [0, 0.1) is 20.8 Å². The van der Waals surface area contributed by atoms with Crippen LogP contribution in [0.2, 0.25) is 0 Å².